The van der Waals surface area contributed by atoms with Gasteiger partial charge in [-0.25, -0.2) is 0 Å². The fraction of sp³-hybridized carbons (Fsp3) is 0.391. The van der Waals surface area contributed by atoms with E-state index in [4.69, 9.17) is 0 Å². The van der Waals surface area contributed by atoms with Crippen LogP contribution in [0.5, 0.6) is 0 Å². The first-order valence-electron chi connectivity index (χ1n) is 10.4. The highest BCUT2D eigenvalue weighted by atomic mass is 16.2. The number of hydrogen-bond donors (Lipinski definition) is 1. The zero-order valence-corrected chi connectivity index (χ0v) is 16.7. The van der Waals surface area contributed by atoms with Crippen molar-refractivity contribution < 1.29 is 14.4 Å². The van der Waals surface area contributed by atoms with Crippen molar-refractivity contribution in [2.75, 3.05) is 26.2 Å². The number of fused-ring (bicyclic) bond motifs is 1. The van der Waals surface area contributed by atoms with Crippen LogP contribution < -0.4 is 5.32 Å². The second kappa shape index (κ2) is 7.23. The van der Waals surface area contributed by atoms with Crippen LogP contribution in [0.15, 0.2) is 54.7 Å². The Morgan fingerprint density at radius 1 is 1.03 bits per heavy atom. The number of amides is 3. The van der Waals surface area contributed by atoms with Crippen molar-refractivity contribution in [1.29, 1.82) is 0 Å². The van der Waals surface area contributed by atoms with Crippen LogP contribution in [-0.4, -0.2) is 64.7 Å². The fourth-order valence-corrected chi connectivity index (χ4v) is 5.04. The maximum Gasteiger partial charge on any atom is 0.272 e. The monoisotopic (exact) mass is 404 g/mol. The maximum atomic E-state index is 13.6. The van der Waals surface area contributed by atoms with Gasteiger partial charge in [-0.1, -0.05) is 36.4 Å². The number of hydrogen-bond acceptors (Lipinski definition) is 4. The number of pyridine rings is 1. The molecule has 5 rings (SSSR count). The van der Waals surface area contributed by atoms with Crippen LogP contribution in [0.3, 0.4) is 0 Å². The molecule has 0 unspecified atom stereocenters. The van der Waals surface area contributed by atoms with E-state index in [1.54, 1.807) is 29.3 Å². The molecular weight excluding hydrogens is 380 g/mol. The highest BCUT2D eigenvalue weighted by Gasteiger charge is 2.54. The maximum absolute atomic E-state index is 13.6. The summed E-state index contributed by atoms with van der Waals surface area (Å²) >= 11 is 0. The van der Waals surface area contributed by atoms with Crippen molar-refractivity contribution in [1.82, 2.24) is 20.1 Å². The van der Waals surface area contributed by atoms with Gasteiger partial charge in [-0.3, -0.25) is 19.4 Å². The number of carbonyl (C=O) groups excluding carboxylic acids is 3. The van der Waals surface area contributed by atoms with Gasteiger partial charge in [0.1, 0.15) is 5.69 Å². The van der Waals surface area contributed by atoms with Gasteiger partial charge in [0.2, 0.25) is 11.8 Å². The molecule has 30 heavy (non-hydrogen) atoms. The topological polar surface area (TPSA) is 82.6 Å². The second-order valence-corrected chi connectivity index (χ2v) is 8.67. The summed E-state index contributed by atoms with van der Waals surface area (Å²) in [6, 6.07) is 15.3. The molecule has 3 saturated heterocycles. The Labute approximate surface area is 175 Å². The summed E-state index contributed by atoms with van der Waals surface area (Å²) in [5, 5.41) is 2.98. The lowest BCUT2D eigenvalue weighted by molar-refractivity contribution is -0.150. The average Bonchev–Trinajstić information content (AvgIpc) is 3.28. The molecule has 7 nitrogen and oxygen atoms in total. The summed E-state index contributed by atoms with van der Waals surface area (Å²) in [5.74, 6) is 0.214. The van der Waals surface area contributed by atoms with E-state index in [-0.39, 0.29) is 29.7 Å². The molecule has 0 saturated carbocycles. The quantitative estimate of drug-likeness (QED) is 0.828. The molecule has 1 N–H and O–H groups in total. The van der Waals surface area contributed by atoms with Crippen molar-refractivity contribution in [3.8, 4) is 0 Å². The number of aromatic nitrogens is 1. The highest BCUT2D eigenvalue weighted by Crippen LogP contribution is 2.39. The van der Waals surface area contributed by atoms with Gasteiger partial charge in [0, 0.05) is 44.7 Å². The molecule has 2 atom stereocenters. The van der Waals surface area contributed by atoms with Crippen LogP contribution in [-0.2, 0) is 16.0 Å². The van der Waals surface area contributed by atoms with Crippen LogP contribution in [0.25, 0.3) is 0 Å². The molecule has 0 aliphatic carbocycles. The summed E-state index contributed by atoms with van der Waals surface area (Å²) < 4.78 is 0. The molecule has 7 heteroatoms. The van der Waals surface area contributed by atoms with E-state index >= 15 is 0 Å². The van der Waals surface area contributed by atoms with Gasteiger partial charge < -0.3 is 15.1 Å². The van der Waals surface area contributed by atoms with E-state index in [2.05, 4.69) is 10.3 Å². The Kier molecular flexibility index (Phi) is 4.53. The van der Waals surface area contributed by atoms with Crippen LogP contribution >= 0.6 is 0 Å². The number of rotatable bonds is 4. The van der Waals surface area contributed by atoms with Gasteiger partial charge in [-0.15, -0.1) is 0 Å². The summed E-state index contributed by atoms with van der Waals surface area (Å²) in [6.45, 7) is 1.93. The summed E-state index contributed by atoms with van der Waals surface area (Å²) in [5.41, 5.74) is 0.856. The Hall–Kier alpha value is -3.22. The average molecular weight is 404 g/mol. The molecule has 0 bridgehead atoms. The molecule has 3 aliphatic rings. The molecule has 1 aromatic carbocycles. The Bertz CT molecular complexity index is 956. The highest BCUT2D eigenvalue weighted by molar-refractivity contribution is 5.95. The minimum atomic E-state index is -0.631. The lowest BCUT2D eigenvalue weighted by Crippen LogP contribution is -2.66. The van der Waals surface area contributed by atoms with Crippen molar-refractivity contribution in [2.24, 2.45) is 11.3 Å². The predicted molar refractivity (Wildman–Crippen MR) is 109 cm³/mol. The number of nitrogens with one attached hydrogen (secondary N) is 1. The number of likely N-dealkylation sites (tertiary alicyclic amines) is 2. The summed E-state index contributed by atoms with van der Waals surface area (Å²) in [4.78, 5) is 45.8. The Balaban J connectivity index is 1.35. The zero-order valence-electron chi connectivity index (χ0n) is 16.7. The number of nitrogens with zero attached hydrogens (tertiary/aromatic N) is 3. The minimum absolute atomic E-state index is 0.0570. The molecule has 3 amide bonds. The van der Waals surface area contributed by atoms with Gasteiger partial charge in [0.15, 0.2) is 0 Å². The smallest absolute Gasteiger partial charge is 0.272 e. The molecule has 154 valence electrons. The number of benzene rings is 1. The first-order chi connectivity index (χ1) is 14.5. The molecule has 0 spiro atoms. The third-order valence-electron chi connectivity index (χ3n) is 6.52. The van der Waals surface area contributed by atoms with Gasteiger partial charge in [0.25, 0.3) is 5.91 Å². The van der Waals surface area contributed by atoms with E-state index in [1.165, 1.54) is 0 Å². The second-order valence-electron chi connectivity index (χ2n) is 8.67. The fourth-order valence-electron chi connectivity index (χ4n) is 5.04. The molecule has 3 aliphatic heterocycles. The molecule has 4 heterocycles. The van der Waals surface area contributed by atoms with Crippen LogP contribution in [0.2, 0.25) is 0 Å². The normalized spacial score (nSPS) is 24.2. The minimum Gasteiger partial charge on any atom is -0.351 e. The molecular formula is C23H24N4O3. The van der Waals surface area contributed by atoms with E-state index in [0.717, 1.165) is 5.56 Å². The first-order valence-corrected chi connectivity index (χ1v) is 10.4. The van der Waals surface area contributed by atoms with Crippen LogP contribution in [0.1, 0.15) is 22.5 Å². The third-order valence-corrected chi connectivity index (χ3v) is 6.52. The van der Waals surface area contributed by atoms with Crippen LogP contribution in [0.4, 0.5) is 0 Å². The molecule has 0 radical (unpaired) electrons. The first kappa shape index (κ1) is 18.8. The SMILES string of the molecule is O=C1C[C@H]2CN(C(=O)C3(Cc4ccccc4)CN(C(=O)c4ccccn4)C3)C[C@H]2N1. The van der Waals surface area contributed by atoms with Gasteiger partial charge >= 0.3 is 0 Å². The third kappa shape index (κ3) is 3.24. The van der Waals surface area contributed by atoms with E-state index in [0.29, 0.717) is 44.7 Å². The van der Waals surface area contributed by atoms with Crippen molar-refractivity contribution >= 4 is 17.7 Å². The largest absolute Gasteiger partial charge is 0.351 e. The van der Waals surface area contributed by atoms with E-state index in [1.807, 2.05) is 35.2 Å². The lowest BCUT2D eigenvalue weighted by Gasteiger charge is -2.50. The summed E-state index contributed by atoms with van der Waals surface area (Å²) in [7, 11) is 0. The molecule has 2 aromatic rings. The predicted octanol–water partition coefficient (Wildman–Crippen LogP) is 1.11. The van der Waals surface area contributed by atoms with Gasteiger partial charge in [0.05, 0.1) is 11.5 Å². The standard InChI is InChI=1S/C23H24N4O3/c28-20-10-17-12-26(13-19(17)25-20)22(30)23(11-16-6-2-1-3-7-16)14-27(15-23)21(29)18-8-4-5-9-24-18/h1-9,17,19H,10-15H2,(H,25,28)/t17-,19+/m0/s1. The van der Waals surface area contributed by atoms with Crippen LogP contribution in [0, 0.1) is 11.3 Å². The number of carbonyl (C=O) groups is 3. The van der Waals surface area contributed by atoms with E-state index < -0.39 is 5.41 Å². The van der Waals surface area contributed by atoms with Gasteiger partial charge in [-0.05, 0) is 24.1 Å². The van der Waals surface area contributed by atoms with Crippen molar-refractivity contribution in [3.63, 3.8) is 0 Å². The van der Waals surface area contributed by atoms with Crippen molar-refractivity contribution in [3.05, 3.63) is 66.0 Å². The van der Waals surface area contributed by atoms with E-state index in [9.17, 15) is 14.4 Å². The Morgan fingerprint density at radius 2 is 1.80 bits per heavy atom. The van der Waals surface area contributed by atoms with Crippen molar-refractivity contribution in [2.45, 2.75) is 18.9 Å². The molecule has 3 fully saturated rings. The lowest BCUT2D eigenvalue weighted by atomic mass is 9.73. The Morgan fingerprint density at radius 3 is 2.50 bits per heavy atom. The molecule has 1 aromatic heterocycles. The zero-order chi connectivity index (χ0) is 20.7. The summed E-state index contributed by atoms with van der Waals surface area (Å²) in [6.07, 6.45) is 2.69. The van der Waals surface area contributed by atoms with Gasteiger partial charge in [-0.2, -0.15) is 0 Å².